The van der Waals surface area contributed by atoms with Gasteiger partial charge in [0.15, 0.2) is 0 Å². The number of aryl methyl sites for hydroxylation is 1. The molecule has 0 heterocycles. The van der Waals surface area contributed by atoms with Crippen LogP contribution in [-0.4, -0.2) is 21.8 Å². The van der Waals surface area contributed by atoms with E-state index < -0.39 is 22.6 Å². The van der Waals surface area contributed by atoms with E-state index in [1.54, 1.807) is 12.1 Å². The van der Waals surface area contributed by atoms with Crippen molar-refractivity contribution in [1.29, 1.82) is 0 Å². The predicted octanol–water partition coefficient (Wildman–Crippen LogP) is 1.67. The van der Waals surface area contributed by atoms with Crippen molar-refractivity contribution < 1.29 is 19.6 Å². The SMILES string of the molecule is O=C(O)C(=O)C1CCCc2cccc([N+](=O)[O-])c21. The summed E-state index contributed by atoms with van der Waals surface area (Å²) < 4.78 is 0. The molecule has 1 N–H and O–H groups in total. The Kier molecular flexibility index (Phi) is 3.10. The second-order valence-corrected chi connectivity index (χ2v) is 4.22. The maximum absolute atomic E-state index is 11.6. The van der Waals surface area contributed by atoms with Crippen LogP contribution in [-0.2, 0) is 16.0 Å². The van der Waals surface area contributed by atoms with Crippen molar-refractivity contribution in [1.82, 2.24) is 0 Å². The van der Waals surface area contributed by atoms with E-state index in [1.807, 2.05) is 0 Å². The van der Waals surface area contributed by atoms with Gasteiger partial charge >= 0.3 is 5.97 Å². The van der Waals surface area contributed by atoms with Gasteiger partial charge in [0.05, 0.1) is 10.8 Å². The molecule has 0 bridgehead atoms. The second-order valence-electron chi connectivity index (χ2n) is 4.22. The number of nitrogens with zero attached hydrogens (tertiary/aromatic N) is 1. The highest BCUT2D eigenvalue weighted by Gasteiger charge is 2.35. The van der Waals surface area contributed by atoms with Crippen LogP contribution in [0.4, 0.5) is 5.69 Å². The quantitative estimate of drug-likeness (QED) is 0.499. The fourth-order valence-electron chi connectivity index (χ4n) is 2.43. The number of carboxylic acid groups (broad SMARTS) is 1. The molecule has 0 fully saturated rings. The molecule has 0 radical (unpaired) electrons. The molecule has 0 saturated heterocycles. The number of carboxylic acids is 1. The fraction of sp³-hybridized carbons (Fsp3) is 0.333. The van der Waals surface area contributed by atoms with Crippen molar-refractivity contribution in [3.8, 4) is 0 Å². The second kappa shape index (κ2) is 4.56. The summed E-state index contributed by atoms with van der Waals surface area (Å²) in [6, 6.07) is 4.58. The van der Waals surface area contributed by atoms with Crippen LogP contribution in [0.2, 0.25) is 0 Å². The van der Waals surface area contributed by atoms with Crippen LogP contribution in [0.1, 0.15) is 29.9 Å². The molecule has 1 aromatic carbocycles. The number of hydrogen-bond donors (Lipinski definition) is 1. The summed E-state index contributed by atoms with van der Waals surface area (Å²) in [5.74, 6) is -3.40. The molecule has 94 valence electrons. The molecule has 0 aromatic heterocycles. The molecule has 1 aromatic rings. The van der Waals surface area contributed by atoms with Gasteiger partial charge in [-0.1, -0.05) is 12.1 Å². The topological polar surface area (TPSA) is 97.5 Å². The first-order chi connectivity index (χ1) is 8.52. The maximum Gasteiger partial charge on any atom is 0.372 e. The van der Waals surface area contributed by atoms with Crippen molar-refractivity contribution >= 4 is 17.4 Å². The van der Waals surface area contributed by atoms with Crippen LogP contribution in [0, 0.1) is 10.1 Å². The molecular weight excluding hydrogens is 238 g/mol. The molecule has 0 aliphatic heterocycles. The number of carbonyl (C=O) groups is 2. The summed E-state index contributed by atoms with van der Waals surface area (Å²) in [6.07, 6.45) is 1.65. The average molecular weight is 249 g/mol. The number of ketones is 1. The first-order valence-electron chi connectivity index (χ1n) is 5.55. The summed E-state index contributed by atoms with van der Waals surface area (Å²) in [7, 11) is 0. The van der Waals surface area contributed by atoms with E-state index in [0.29, 0.717) is 24.8 Å². The summed E-state index contributed by atoms with van der Waals surface area (Å²) in [6.45, 7) is 0. The van der Waals surface area contributed by atoms with Crippen LogP contribution in [0.15, 0.2) is 18.2 Å². The number of benzene rings is 1. The number of hydrogen-bond acceptors (Lipinski definition) is 4. The summed E-state index contributed by atoms with van der Waals surface area (Å²) >= 11 is 0. The van der Waals surface area contributed by atoms with Gasteiger partial charge in [-0.3, -0.25) is 14.9 Å². The highest BCUT2D eigenvalue weighted by molar-refractivity contribution is 6.35. The lowest BCUT2D eigenvalue weighted by Gasteiger charge is -2.22. The molecule has 2 rings (SSSR count). The van der Waals surface area contributed by atoms with Crippen LogP contribution < -0.4 is 0 Å². The third-order valence-electron chi connectivity index (χ3n) is 3.18. The zero-order chi connectivity index (χ0) is 13.3. The van der Waals surface area contributed by atoms with E-state index in [0.717, 1.165) is 0 Å². The Morgan fingerprint density at radius 2 is 2.11 bits per heavy atom. The Morgan fingerprint density at radius 1 is 1.39 bits per heavy atom. The summed E-state index contributed by atoms with van der Waals surface area (Å²) in [5, 5.41) is 19.7. The number of rotatable bonds is 3. The number of fused-ring (bicyclic) bond motifs is 1. The summed E-state index contributed by atoms with van der Waals surface area (Å²) in [4.78, 5) is 32.8. The number of Topliss-reactive ketones (excluding diaryl/α,β-unsaturated/α-hetero) is 1. The smallest absolute Gasteiger partial charge is 0.372 e. The Bertz CT molecular complexity index is 537. The lowest BCUT2D eigenvalue weighted by Crippen LogP contribution is -2.26. The van der Waals surface area contributed by atoms with Gasteiger partial charge < -0.3 is 5.11 Å². The van der Waals surface area contributed by atoms with Gasteiger partial charge in [-0.05, 0) is 24.8 Å². The zero-order valence-electron chi connectivity index (χ0n) is 9.46. The standard InChI is InChI=1S/C12H11NO5/c14-11(12(15)16)8-5-1-3-7-4-2-6-9(10(7)8)13(17)18/h2,4,6,8H,1,3,5H2,(H,15,16). The predicted molar refractivity (Wildman–Crippen MR) is 61.4 cm³/mol. The van der Waals surface area contributed by atoms with Gasteiger partial charge in [0.1, 0.15) is 0 Å². The van der Waals surface area contributed by atoms with Crippen molar-refractivity contribution in [3.05, 3.63) is 39.4 Å². The molecule has 0 saturated carbocycles. The Morgan fingerprint density at radius 3 is 2.72 bits per heavy atom. The van der Waals surface area contributed by atoms with E-state index in [2.05, 4.69) is 0 Å². The number of nitro benzene ring substituents is 1. The van der Waals surface area contributed by atoms with Crippen molar-refractivity contribution in [2.75, 3.05) is 0 Å². The molecule has 1 aliphatic rings. The maximum atomic E-state index is 11.6. The number of carbonyl (C=O) groups excluding carboxylic acids is 1. The van der Waals surface area contributed by atoms with E-state index in [-0.39, 0.29) is 11.3 Å². The molecular formula is C12H11NO5. The van der Waals surface area contributed by atoms with Crippen LogP contribution in [0.25, 0.3) is 0 Å². The summed E-state index contributed by atoms with van der Waals surface area (Å²) in [5.41, 5.74) is 0.822. The Balaban J connectivity index is 2.56. The highest BCUT2D eigenvalue weighted by Crippen LogP contribution is 2.38. The van der Waals surface area contributed by atoms with E-state index in [1.165, 1.54) is 6.07 Å². The first kappa shape index (κ1) is 12.2. The van der Waals surface area contributed by atoms with Gasteiger partial charge in [-0.15, -0.1) is 0 Å². The van der Waals surface area contributed by atoms with Gasteiger partial charge in [0, 0.05) is 11.6 Å². The fourth-order valence-corrected chi connectivity index (χ4v) is 2.43. The Labute approximate surface area is 102 Å². The number of nitro groups is 1. The largest absolute Gasteiger partial charge is 0.475 e. The van der Waals surface area contributed by atoms with Crippen molar-refractivity contribution in [2.24, 2.45) is 0 Å². The van der Waals surface area contributed by atoms with E-state index in [9.17, 15) is 19.7 Å². The molecule has 18 heavy (non-hydrogen) atoms. The first-order valence-corrected chi connectivity index (χ1v) is 5.55. The Hall–Kier alpha value is -2.24. The lowest BCUT2D eigenvalue weighted by molar-refractivity contribution is -0.385. The number of aliphatic carboxylic acids is 1. The molecule has 1 unspecified atom stereocenters. The van der Waals surface area contributed by atoms with Crippen molar-refractivity contribution in [2.45, 2.75) is 25.2 Å². The minimum Gasteiger partial charge on any atom is -0.475 e. The molecule has 1 aliphatic carbocycles. The average Bonchev–Trinajstić information content (AvgIpc) is 2.36. The third kappa shape index (κ3) is 1.97. The normalized spacial score (nSPS) is 17.9. The van der Waals surface area contributed by atoms with Crippen LogP contribution >= 0.6 is 0 Å². The molecule has 6 nitrogen and oxygen atoms in total. The van der Waals surface area contributed by atoms with Gasteiger partial charge in [-0.25, -0.2) is 4.79 Å². The molecule has 0 spiro atoms. The van der Waals surface area contributed by atoms with Crippen molar-refractivity contribution in [3.63, 3.8) is 0 Å². The minimum absolute atomic E-state index is 0.160. The molecule has 1 atom stereocenters. The third-order valence-corrected chi connectivity index (χ3v) is 3.18. The van der Waals surface area contributed by atoms with Crippen LogP contribution in [0.5, 0.6) is 0 Å². The van der Waals surface area contributed by atoms with Crippen LogP contribution in [0.3, 0.4) is 0 Å². The monoisotopic (exact) mass is 249 g/mol. The lowest BCUT2D eigenvalue weighted by atomic mass is 9.79. The van der Waals surface area contributed by atoms with Gasteiger partial charge in [0.2, 0.25) is 5.78 Å². The molecule has 0 amide bonds. The van der Waals surface area contributed by atoms with E-state index >= 15 is 0 Å². The minimum atomic E-state index is -1.54. The zero-order valence-corrected chi connectivity index (χ0v) is 9.46. The van der Waals surface area contributed by atoms with Gasteiger partial charge in [-0.2, -0.15) is 0 Å². The molecule has 6 heteroatoms. The van der Waals surface area contributed by atoms with Gasteiger partial charge in [0.25, 0.3) is 5.69 Å². The highest BCUT2D eigenvalue weighted by atomic mass is 16.6. The van der Waals surface area contributed by atoms with E-state index in [4.69, 9.17) is 5.11 Å².